The quantitative estimate of drug-likeness (QED) is 0.176. The molecule has 0 fully saturated rings. The second kappa shape index (κ2) is 10.4. The van der Waals surface area contributed by atoms with Gasteiger partial charge in [0.2, 0.25) is 0 Å². The molecule has 5 aromatic rings. The zero-order valence-electron chi connectivity index (χ0n) is 22.0. The van der Waals surface area contributed by atoms with Crippen molar-refractivity contribution in [2.24, 2.45) is 0 Å². The first-order chi connectivity index (χ1) is 20.1. The van der Waals surface area contributed by atoms with Gasteiger partial charge in [-0.05, 0) is 61.5 Å². The molecule has 0 aliphatic carbocycles. The Kier molecular flexibility index (Phi) is 6.57. The third-order valence-electron chi connectivity index (χ3n) is 6.55. The number of alkyl halides is 3. The minimum absolute atomic E-state index is 0.155. The fourth-order valence-electron chi connectivity index (χ4n) is 4.58. The maximum Gasteiger partial charge on any atom is 0.416 e. The van der Waals surface area contributed by atoms with Crippen molar-refractivity contribution in [2.75, 3.05) is 16.0 Å². The van der Waals surface area contributed by atoms with Crippen LogP contribution in [0.4, 0.5) is 35.9 Å². The number of aryl methyl sites for hydroxylation is 1. The largest absolute Gasteiger partial charge is 0.416 e. The Morgan fingerprint density at radius 2 is 1.83 bits per heavy atom. The third kappa shape index (κ3) is 5.50. The van der Waals surface area contributed by atoms with Crippen molar-refractivity contribution in [1.29, 1.82) is 0 Å². The molecular weight excluding hydrogens is 547 g/mol. The van der Waals surface area contributed by atoms with E-state index in [0.29, 0.717) is 39.7 Å². The smallest absolute Gasteiger partial charge is 0.355 e. The average Bonchev–Trinajstić information content (AvgIpc) is 3.69. The molecule has 4 N–H and O–H groups in total. The molecular formula is C30H22F3N7O2. The van der Waals surface area contributed by atoms with E-state index >= 15 is 0 Å². The summed E-state index contributed by atoms with van der Waals surface area (Å²) < 4.78 is 42.3. The molecule has 210 valence electrons. The molecule has 6 rings (SSSR count). The number of benzene rings is 3. The van der Waals surface area contributed by atoms with E-state index in [2.05, 4.69) is 30.9 Å². The molecule has 12 heteroatoms. The van der Waals surface area contributed by atoms with Crippen LogP contribution in [0.5, 0.6) is 0 Å². The summed E-state index contributed by atoms with van der Waals surface area (Å²) in [4.78, 5) is 36.6. The lowest BCUT2D eigenvalue weighted by atomic mass is 10.1. The van der Waals surface area contributed by atoms with Crippen molar-refractivity contribution >= 4 is 46.2 Å². The van der Waals surface area contributed by atoms with Gasteiger partial charge in [-0.3, -0.25) is 9.59 Å². The molecule has 42 heavy (non-hydrogen) atoms. The lowest BCUT2D eigenvalue weighted by Crippen LogP contribution is -2.15. The summed E-state index contributed by atoms with van der Waals surface area (Å²) in [5.74, 6) is -0.935. The van der Waals surface area contributed by atoms with Gasteiger partial charge >= 0.3 is 6.18 Å². The highest BCUT2D eigenvalue weighted by atomic mass is 19.4. The van der Waals surface area contributed by atoms with Crippen LogP contribution in [-0.2, 0) is 11.0 Å². The molecule has 1 aliphatic heterocycles. The Labute approximate surface area is 237 Å². The molecule has 3 heterocycles. The van der Waals surface area contributed by atoms with Gasteiger partial charge in [-0.1, -0.05) is 12.1 Å². The van der Waals surface area contributed by atoms with Crippen molar-refractivity contribution in [3.8, 4) is 5.69 Å². The number of carbonyl (C=O) groups is 2. The van der Waals surface area contributed by atoms with Gasteiger partial charge in [-0.2, -0.15) is 13.2 Å². The number of halogens is 3. The van der Waals surface area contributed by atoms with E-state index in [9.17, 15) is 22.8 Å². The molecule has 0 unspecified atom stereocenters. The highest BCUT2D eigenvalue weighted by Crippen LogP contribution is 2.36. The Hall–Kier alpha value is -5.65. The Bertz CT molecular complexity index is 1860. The van der Waals surface area contributed by atoms with E-state index in [4.69, 9.17) is 0 Å². The van der Waals surface area contributed by atoms with E-state index in [1.165, 1.54) is 23.3 Å². The molecule has 0 bridgehead atoms. The van der Waals surface area contributed by atoms with Gasteiger partial charge in [-0.15, -0.1) is 0 Å². The predicted octanol–water partition coefficient (Wildman–Crippen LogP) is 6.41. The number of anilines is 4. The lowest BCUT2D eigenvalue weighted by Gasteiger charge is -2.14. The number of amides is 2. The molecule has 0 saturated carbocycles. The van der Waals surface area contributed by atoms with Crippen LogP contribution in [0.2, 0.25) is 0 Å². The second-order valence-corrected chi connectivity index (χ2v) is 9.63. The Morgan fingerprint density at radius 3 is 2.57 bits per heavy atom. The van der Waals surface area contributed by atoms with Gasteiger partial charge in [0.15, 0.2) is 0 Å². The van der Waals surface area contributed by atoms with Crippen LogP contribution in [0, 0.1) is 6.92 Å². The topological polar surface area (TPSA) is 117 Å². The fraction of sp³-hybridized carbons (Fsp3) is 0.0667. The number of hydrogen-bond acceptors (Lipinski definition) is 5. The summed E-state index contributed by atoms with van der Waals surface area (Å²) in [5, 5.41) is 8.75. The highest BCUT2D eigenvalue weighted by Gasteiger charge is 2.32. The number of aromatic nitrogens is 4. The number of hydrogen-bond donors (Lipinski definition) is 4. The number of nitrogens with zero attached hydrogens (tertiary/aromatic N) is 3. The van der Waals surface area contributed by atoms with Gasteiger partial charge in [-0.25, -0.2) is 9.97 Å². The van der Waals surface area contributed by atoms with Crippen LogP contribution >= 0.6 is 0 Å². The van der Waals surface area contributed by atoms with Crippen LogP contribution in [0.1, 0.15) is 32.9 Å². The zero-order valence-corrected chi connectivity index (χ0v) is 22.0. The third-order valence-corrected chi connectivity index (χ3v) is 6.55. The first-order valence-corrected chi connectivity index (χ1v) is 12.7. The average molecular weight is 570 g/mol. The summed E-state index contributed by atoms with van der Waals surface area (Å²) in [6.45, 7) is 1.72. The van der Waals surface area contributed by atoms with Gasteiger partial charge in [0.25, 0.3) is 11.8 Å². The minimum atomic E-state index is -4.64. The standard InChI is InChI=1S/C30H22F3N7O2/c1-17-14-40(16-36-17)24-8-18(7-19(9-24)30(31,32)33)28(41)38-21-4-2-3-20(10-21)37-22-5-6-25-26(11-23-13-34-15-35-23)29(42)39-27(25)12-22/h2-16,37H,1H3,(H,34,35)(H,38,41)(H,39,42)/b26-11-. The van der Waals surface area contributed by atoms with Gasteiger partial charge in [0.05, 0.1) is 47.1 Å². The van der Waals surface area contributed by atoms with Crippen LogP contribution in [0.3, 0.4) is 0 Å². The first kappa shape index (κ1) is 26.6. The van der Waals surface area contributed by atoms with E-state index in [0.717, 1.165) is 17.7 Å². The van der Waals surface area contributed by atoms with Crippen molar-refractivity contribution in [3.05, 3.63) is 114 Å². The maximum absolute atomic E-state index is 13.6. The predicted molar refractivity (Wildman–Crippen MR) is 153 cm³/mol. The zero-order chi connectivity index (χ0) is 29.4. The fourth-order valence-corrected chi connectivity index (χ4v) is 4.58. The molecule has 3 aromatic carbocycles. The second-order valence-electron chi connectivity index (χ2n) is 9.63. The first-order valence-electron chi connectivity index (χ1n) is 12.7. The Morgan fingerprint density at radius 1 is 1.02 bits per heavy atom. The van der Waals surface area contributed by atoms with Crippen LogP contribution in [0.25, 0.3) is 17.3 Å². The Balaban J connectivity index is 1.21. The number of nitrogens with one attached hydrogen (secondary N) is 4. The highest BCUT2D eigenvalue weighted by molar-refractivity contribution is 6.35. The number of carbonyl (C=O) groups excluding carboxylic acids is 2. The van der Waals surface area contributed by atoms with Crippen LogP contribution < -0.4 is 16.0 Å². The molecule has 2 amide bonds. The lowest BCUT2D eigenvalue weighted by molar-refractivity contribution is -0.137. The van der Waals surface area contributed by atoms with E-state index in [1.807, 2.05) is 12.1 Å². The molecule has 0 spiro atoms. The van der Waals surface area contributed by atoms with Crippen molar-refractivity contribution in [1.82, 2.24) is 19.5 Å². The van der Waals surface area contributed by atoms with E-state index in [1.54, 1.807) is 55.7 Å². The van der Waals surface area contributed by atoms with Gasteiger partial charge < -0.3 is 25.5 Å². The summed E-state index contributed by atoms with van der Waals surface area (Å²) in [7, 11) is 0. The van der Waals surface area contributed by atoms with Crippen LogP contribution in [0.15, 0.2) is 85.7 Å². The van der Waals surface area contributed by atoms with Gasteiger partial charge in [0.1, 0.15) is 0 Å². The molecule has 9 nitrogen and oxygen atoms in total. The molecule has 1 aliphatic rings. The van der Waals surface area contributed by atoms with Crippen molar-refractivity contribution in [3.63, 3.8) is 0 Å². The molecule has 0 radical (unpaired) electrons. The maximum atomic E-state index is 13.6. The monoisotopic (exact) mass is 569 g/mol. The van der Waals surface area contributed by atoms with Gasteiger partial charge in [0, 0.05) is 40.1 Å². The normalized spacial score (nSPS) is 13.6. The number of rotatable bonds is 6. The number of fused-ring (bicyclic) bond motifs is 1. The number of aromatic amines is 1. The summed E-state index contributed by atoms with van der Waals surface area (Å²) in [6, 6.07) is 15.3. The summed E-state index contributed by atoms with van der Waals surface area (Å²) in [6.07, 6.45) is 3.19. The van der Waals surface area contributed by atoms with Crippen molar-refractivity contribution in [2.45, 2.75) is 13.1 Å². The number of imidazole rings is 2. The molecule has 2 aromatic heterocycles. The summed E-state index contributed by atoms with van der Waals surface area (Å²) >= 11 is 0. The van der Waals surface area contributed by atoms with E-state index < -0.39 is 17.6 Å². The van der Waals surface area contributed by atoms with Crippen molar-refractivity contribution < 1.29 is 22.8 Å². The minimum Gasteiger partial charge on any atom is -0.355 e. The van der Waals surface area contributed by atoms with Crippen LogP contribution in [-0.4, -0.2) is 31.3 Å². The summed E-state index contributed by atoms with van der Waals surface area (Å²) in [5.41, 5.74) is 3.94. The molecule has 0 atom stereocenters. The number of H-pyrrole nitrogens is 1. The SMILES string of the molecule is Cc1cn(-c2cc(C(=O)Nc3cccc(Nc4ccc5c(c4)NC(=O)/C5=C\c4cnc[nH]4)c3)cc(C(F)(F)F)c2)cn1. The molecule has 0 saturated heterocycles. The van der Waals surface area contributed by atoms with E-state index in [-0.39, 0.29) is 17.2 Å².